The molecule has 0 aliphatic rings. The fourth-order valence-corrected chi connectivity index (χ4v) is 1.86. The van der Waals surface area contributed by atoms with Gasteiger partial charge in [-0.05, 0) is 11.6 Å². The summed E-state index contributed by atoms with van der Waals surface area (Å²) in [7, 11) is 0. The van der Waals surface area contributed by atoms with E-state index in [9.17, 15) is 23.3 Å². The van der Waals surface area contributed by atoms with Crippen molar-refractivity contribution in [2.75, 3.05) is 0 Å². The van der Waals surface area contributed by atoms with Crippen molar-refractivity contribution >= 4 is 5.69 Å². The van der Waals surface area contributed by atoms with Gasteiger partial charge >= 0.3 is 6.18 Å². The molecule has 0 aliphatic carbocycles. The Hall–Kier alpha value is -3.02. The molecule has 0 saturated heterocycles. The van der Waals surface area contributed by atoms with Crippen molar-refractivity contribution in [2.45, 2.75) is 12.6 Å². The second kappa shape index (κ2) is 5.77. The van der Waals surface area contributed by atoms with Crippen molar-refractivity contribution in [1.82, 2.24) is 9.97 Å². The zero-order valence-electron chi connectivity index (χ0n) is 10.8. The second-order valence-corrected chi connectivity index (χ2v) is 4.25. The van der Waals surface area contributed by atoms with Gasteiger partial charge in [0, 0.05) is 24.9 Å². The van der Waals surface area contributed by atoms with Gasteiger partial charge in [-0.2, -0.15) is 18.4 Å². The van der Waals surface area contributed by atoms with Crippen LogP contribution in [0.4, 0.5) is 18.9 Å². The zero-order valence-corrected chi connectivity index (χ0v) is 10.8. The lowest BCUT2D eigenvalue weighted by molar-refractivity contribution is -0.388. The summed E-state index contributed by atoms with van der Waals surface area (Å²) in [5.41, 5.74) is -1.87. The van der Waals surface area contributed by atoms with Crippen LogP contribution >= 0.6 is 0 Å². The number of alkyl halides is 3. The van der Waals surface area contributed by atoms with E-state index in [1.54, 1.807) is 6.07 Å². The number of nitriles is 1. The van der Waals surface area contributed by atoms with E-state index in [1.165, 1.54) is 12.4 Å². The minimum atomic E-state index is -4.81. The summed E-state index contributed by atoms with van der Waals surface area (Å²) in [6.45, 7) is 0. The van der Waals surface area contributed by atoms with Crippen molar-refractivity contribution in [3.8, 4) is 6.07 Å². The minimum Gasteiger partial charge on any atom is -0.258 e. The molecule has 0 spiro atoms. The van der Waals surface area contributed by atoms with Gasteiger partial charge in [0.1, 0.15) is 11.6 Å². The highest BCUT2D eigenvalue weighted by atomic mass is 19.4. The van der Waals surface area contributed by atoms with Crippen LogP contribution in [-0.2, 0) is 12.6 Å². The molecule has 112 valence electrons. The van der Waals surface area contributed by atoms with E-state index in [2.05, 4.69) is 9.97 Å². The summed E-state index contributed by atoms with van der Waals surface area (Å²) in [5, 5.41) is 19.7. The first kappa shape index (κ1) is 15.4. The van der Waals surface area contributed by atoms with E-state index >= 15 is 0 Å². The van der Waals surface area contributed by atoms with Gasteiger partial charge in [0.25, 0.3) is 5.69 Å². The van der Waals surface area contributed by atoms with Gasteiger partial charge in [-0.1, -0.05) is 6.07 Å². The largest absolute Gasteiger partial charge is 0.422 e. The first-order valence-corrected chi connectivity index (χ1v) is 5.87. The summed E-state index contributed by atoms with van der Waals surface area (Å²) in [6.07, 6.45) is -2.22. The third-order valence-corrected chi connectivity index (χ3v) is 2.82. The molecule has 1 heterocycles. The van der Waals surface area contributed by atoms with Crippen molar-refractivity contribution in [1.29, 1.82) is 5.26 Å². The standard InChI is InChI=1S/C13H7F3N4O2/c14-13(15,16)9-2-1-8(6-12(9)20(21)22)5-10-11(7-17)19-4-3-18-10/h1-4,6H,5H2. The summed E-state index contributed by atoms with van der Waals surface area (Å²) >= 11 is 0. The monoisotopic (exact) mass is 308 g/mol. The second-order valence-electron chi connectivity index (χ2n) is 4.25. The molecule has 1 aromatic carbocycles. The summed E-state index contributed by atoms with van der Waals surface area (Å²) in [6, 6.07) is 4.40. The first-order chi connectivity index (χ1) is 10.3. The average Bonchev–Trinajstić information content (AvgIpc) is 2.46. The fraction of sp³-hybridized carbons (Fsp3) is 0.154. The third kappa shape index (κ3) is 3.17. The first-order valence-electron chi connectivity index (χ1n) is 5.87. The predicted octanol–water partition coefficient (Wildman–Crippen LogP) is 2.87. The highest BCUT2D eigenvalue weighted by molar-refractivity contribution is 5.46. The number of nitro benzene ring substituents is 1. The Morgan fingerprint density at radius 2 is 1.95 bits per heavy atom. The van der Waals surface area contributed by atoms with E-state index in [4.69, 9.17) is 5.26 Å². The molecule has 0 amide bonds. The van der Waals surface area contributed by atoms with Crippen LogP contribution in [0.3, 0.4) is 0 Å². The maximum absolute atomic E-state index is 12.7. The Morgan fingerprint density at radius 3 is 2.55 bits per heavy atom. The Labute approximate surface area is 122 Å². The van der Waals surface area contributed by atoms with Crippen LogP contribution in [0.15, 0.2) is 30.6 Å². The van der Waals surface area contributed by atoms with Crippen molar-refractivity contribution in [3.05, 3.63) is 63.2 Å². The van der Waals surface area contributed by atoms with Gasteiger partial charge in [0.05, 0.1) is 10.6 Å². The molecule has 0 atom stereocenters. The van der Waals surface area contributed by atoms with Crippen LogP contribution in [0.25, 0.3) is 0 Å². The quantitative estimate of drug-likeness (QED) is 0.642. The van der Waals surface area contributed by atoms with Gasteiger partial charge < -0.3 is 0 Å². The number of nitrogens with zero attached hydrogens (tertiary/aromatic N) is 4. The van der Waals surface area contributed by atoms with E-state index < -0.39 is 22.4 Å². The average molecular weight is 308 g/mol. The highest BCUT2D eigenvalue weighted by Gasteiger charge is 2.38. The van der Waals surface area contributed by atoms with Gasteiger partial charge in [-0.3, -0.25) is 15.1 Å². The molecule has 0 bridgehead atoms. The van der Waals surface area contributed by atoms with Crippen molar-refractivity contribution in [2.24, 2.45) is 0 Å². The molecule has 0 aliphatic heterocycles. The zero-order chi connectivity index (χ0) is 16.3. The minimum absolute atomic E-state index is 0.0186. The smallest absolute Gasteiger partial charge is 0.258 e. The summed E-state index contributed by atoms with van der Waals surface area (Å²) in [4.78, 5) is 17.4. The number of rotatable bonds is 3. The molecule has 2 aromatic rings. The lowest BCUT2D eigenvalue weighted by Crippen LogP contribution is -2.09. The summed E-state index contributed by atoms with van der Waals surface area (Å²) < 4.78 is 38.1. The lowest BCUT2D eigenvalue weighted by atomic mass is 10.0. The van der Waals surface area contributed by atoms with Crippen LogP contribution in [0.2, 0.25) is 0 Å². The lowest BCUT2D eigenvalue weighted by Gasteiger charge is -2.09. The van der Waals surface area contributed by atoms with Crippen LogP contribution in [0, 0.1) is 21.4 Å². The van der Waals surface area contributed by atoms with E-state index in [0.29, 0.717) is 6.07 Å². The number of halogens is 3. The highest BCUT2D eigenvalue weighted by Crippen LogP contribution is 2.36. The molecular formula is C13H7F3N4O2. The van der Waals surface area contributed by atoms with E-state index in [-0.39, 0.29) is 23.4 Å². The number of hydrogen-bond donors (Lipinski definition) is 0. The Kier molecular flexibility index (Phi) is 4.03. The van der Waals surface area contributed by atoms with E-state index in [0.717, 1.165) is 12.1 Å². The molecule has 22 heavy (non-hydrogen) atoms. The Balaban J connectivity index is 2.44. The van der Waals surface area contributed by atoms with Gasteiger partial charge in [0.15, 0.2) is 5.69 Å². The molecule has 0 N–H and O–H groups in total. The predicted molar refractivity (Wildman–Crippen MR) is 67.7 cm³/mol. The van der Waals surface area contributed by atoms with Gasteiger partial charge in [0.2, 0.25) is 0 Å². The molecular weight excluding hydrogens is 301 g/mol. The maximum Gasteiger partial charge on any atom is 0.422 e. The molecule has 1 aromatic heterocycles. The molecule has 9 heteroatoms. The van der Waals surface area contributed by atoms with Gasteiger partial charge in [-0.25, -0.2) is 4.98 Å². The van der Waals surface area contributed by atoms with Crippen LogP contribution in [-0.4, -0.2) is 14.9 Å². The van der Waals surface area contributed by atoms with Crippen LogP contribution in [0.1, 0.15) is 22.5 Å². The maximum atomic E-state index is 12.7. The third-order valence-electron chi connectivity index (χ3n) is 2.82. The van der Waals surface area contributed by atoms with Crippen LogP contribution < -0.4 is 0 Å². The Bertz CT molecular complexity index is 769. The molecule has 0 saturated carbocycles. The molecule has 2 rings (SSSR count). The number of aromatic nitrogens is 2. The molecule has 6 nitrogen and oxygen atoms in total. The van der Waals surface area contributed by atoms with Crippen molar-refractivity contribution in [3.63, 3.8) is 0 Å². The number of hydrogen-bond acceptors (Lipinski definition) is 5. The SMILES string of the molecule is N#Cc1nccnc1Cc1ccc(C(F)(F)F)c([N+](=O)[O-])c1. The van der Waals surface area contributed by atoms with Gasteiger partial charge in [-0.15, -0.1) is 0 Å². The molecule has 0 unspecified atom stereocenters. The normalized spacial score (nSPS) is 11.0. The fourth-order valence-electron chi connectivity index (χ4n) is 1.86. The molecule has 0 fully saturated rings. The number of benzene rings is 1. The topological polar surface area (TPSA) is 92.7 Å². The van der Waals surface area contributed by atoms with Crippen molar-refractivity contribution < 1.29 is 18.1 Å². The Morgan fingerprint density at radius 1 is 1.27 bits per heavy atom. The summed E-state index contributed by atoms with van der Waals surface area (Å²) in [5.74, 6) is 0. The van der Waals surface area contributed by atoms with Crippen LogP contribution in [0.5, 0.6) is 0 Å². The molecule has 0 radical (unpaired) electrons. The van der Waals surface area contributed by atoms with E-state index in [1.807, 2.05) is 0 Å². The number of nitro groups is 1.